The van der Waals surface area contributed by atoms with Crippen molar-refractivity contribution in [3.05, 3.63) is 64.2 Å². The third kappa shape index (κ3) is 4.13. The van der Waals surface area contributed by atoms with E-state index in [0.717, 1.165) is 15.4 Å². The van der Waals surface area contributed by atoms with E-state index in [2.05, 4.69) is 4.98 Å². The lowest BCUT2D eigenvalue weighted by atomic mass is 10.2. The lowest BCUT2D eigenvalue weighted by Gasteiger charge is -2.22. The number of thiazole rings is 1. The van der Waals surface area contributed by atoms with Crippen LogP contribution in [0.25, 0.3) is 9.88 Å². The number of halogens is 1. The van der Waals surface area contributed by atoms with Crippen LogP contribution in [-0.2, 0) is 11.3 Å². The van der Waals surface area contributed by atoms with Crippen LogP contribution in [0.5, 0.6) is 0 Å². The number of amides is 2. The van der Waals surface area contributed by atoms with Crippen LogP contribution in [0.3, 0.4) is 0 Å². The Morgan fingerprint density at radius 3 is 2.82 bits per heavy atom. The summed E-state index contributed by atoms with van der Waals surface area (Å²) in [5, 5.41) is 4.58. The van der Waals surface area contributed by atoms with Gasteiger partial charge in [0, 0.05) is 38.0 Å². The summed E-state index contributed by atoms with van der Waals surface area (Å²) in [6.07, 6.45) is 0.253. The Bertz CT molecular complexity index is 987. The summed E-state index contributed by atoms with van der Waals surface area (Å²) in [4.78, 5) is 34.2. The van der Waals surface area contributed by atoms with Crippen LogP contribution in [0.4, 0.5) is 4.39 Å². The Labute approximate surface area is 170 Å². The number of hydrogen-bond donors (Lipinski definition) is 0. The molecule has 0 N–H and O–H groups in total. The summed E-state index contributed by atoms with van der Waals surface area (Å²) in [5.41, 5.74) is 1.16. The van der Waals surface area contributed by atoms with E-state index in [4.69, 9.17) is 0 Å². The average Bonchev–Trinajstić information content (AvgIpc) is 3.35. The first-order valence-electron chi connectivity index (χ1n) is 8.91. The molecule has 0 unspecified atom stereocenters. The third-order valence-corrected chi connectivity index (χ3v) is 6.47. The maximum absolute atomic E-state index is 13.4. The van der Waals surface area contributed by atoms with Crippen LogP contribution in [0.15, 0.2) is 47.2 Å². The number of carbonyl (C=O) groups is 2. The first-order chi connectivity index (χ1) is 13.6. The number of carbonyl (C=O) groups excluding carboxylic acids is 2. The average molecular weight is 416 g/mol. The minimum Gasteiger partial charge on any atom is -0.337 e. The van der Waals surface area contributed by atoms with Crippen LogP contribution in [0.2, 0.25) is 0 Å². The standard InChI is InChI=1S/C20H18FN3O2S2/c21-15-4-1-3-14(11-15)12-24-9-8-23(7-6-18(24)25)20(26)16-13-28-19(22-16)17-5-2-10-27-17/h1-5,10-11,13H,6-9,12H2. The molecule has 0 radical (unpaired) electrons. The van der Waals surface area contributed by atoms with E-state index < -0.39 is 0 Å². The number of hydrogen-bond acceptors (Lipinski definition) is 5. The van der Waals surface area contributed by atoms with Gasteiger partial charge in [-0.25, -0.2) is 9.37 Å². The van der Waals surface area contributed by atoms with Gasteiger partial charge in [0.05, 0.1) is 4.88 Å². The van der Waals surface area contributed by atoms with Gasteiger partial charge in [0.1, 0.15) is 16.5 Å². The van der Waals surface area contributed by atoms with Gasteiger partial charge < -0.3 is 9.80 Å². The molecule has 1 aromatic carbocycles. The van der Waals surface area contributed by atoms with Gasteiger partial charge in [-0.05, 0) is 29.1 Å². The van der Waals surface area contributed by atoms with Crippen molar-refractivity contribution in [2.75, 3.05) is 19.6 Å². The minimum absolute atomic E-state index is 0.0305. The molecule has 0 atom stereocenters. The van der Waals surface area contributed by atoms with Crippen LogP contribution in [0, 0.1) is 5.82 Å². The van der Waals surface area contributed by atoms with Crippen molar-refractivity contribution < 1.29 is 14.0 Å². The largest absolute Gasteiger partial charge is 0.337 e. The normalized spacial score (nSPS) is 15.0. The molecule has 2 aromatic heterocycles. The smallest absolute Gasteiger partial charge is 0.273 e. The maximum atomic E-state index is 13.4. The van der Waals surface area contributed by atoms with Crippen LogP contribution < -0.4 is 0 Å². The van der Waals surface area contributed by atoms with Crippen LogP contribution in [0.1, 0.15) is 22.5 Å². The van der Waals surface area contributed by atoms with Gasteiger partial charge in [0.25, 0.3) is 5.91 Å². The Morgan fingerprint density at radius 1 is 1.14 bits per heavy atom. The predicted molar refractivity (Wildman–Crippen MR) is 108 cm³/mol. The Hall–Kier alpha value is -2.58. The van der Waals surface area contributed by atoms with Gasteiger partial charge >= 0.3 is 0 Å². The van der Waals surface area contributed by atoms with E-state index in [9.17, 15) is 14.0 Å². The van der Waals surface area contributed by atoms with E-state index in [-0.39, 0.29) is 24.1 Å². The molecular weight excluding hydrogens is 397 g/mol. The zero-order valence-electron chi connectivity index (χ0n) is 15.0. The van der Waals surface area contributed by atoms with Gasteiger partial charge in [-0.15, -0.1) is 22.7 Å². The Balaban J connectivity index is 1.43. The van der Waals surface area contributed by atoms with Gasteiger partial charge in [-0.1, -0.05) is 18.2 Å². The van der Waals surface area contributed by atoms with Gasteiger partial charge in [-0.2, -0.15) is 0 Å². The van der Waals surface area contributed by atoms with Gasteiger partial charge in [0.2, 0.25) is 5.91 Å². The van der Waals surface area contributed by atoms with Crippen molar-refractivity contribution >= 4 is 34.5 Å². The van der Waals surface area contributed by atoms with Crippen molar-refractivity contribution in [2.24, 2.45) is 0 Å². The SMILES string of the molecule is O=C1CCN(C(=O)c2csc(-c3cccs3)n2)CCN1Cc1cccc(F)c1. The highest BCUT2D eigenvalue weighted by Crippen LogP contribution is 2.28. The number of benzene rings is 1. The molecule has 8 heteroatoms. The van der Waals surface area contributed by atoms with Crippen molar-refractivity contribution in [2.45, 2.75) is 13.0 Å². The van der Waals surface area contributed by atoms with Crippen LogP contribution >= 0.6 is 22.7 Å². The summed E-state index contributed by atoms with van der Waals surface area (Å²) in [6.45, 7) is 1.57. The second-order valence-electron chi connectivity index (χ2n) is 6.50. The molecule has 1 saturated heterocycles. The van der Waals surface area contributed by atoms with Crippen molar-refractivity contribution in [1.29, 1.82) is 0 Å². The molecule has 144 valence electrons. The first kappa shape index (κ1) is 18.8. The summed E-state index contributed by atoms with van der Waals surface area (Å²) < 4.78 is 13.4. The predicted octanol–water partition coefficient (Wildman–Crippen LogP) is 3.89. The molecule has 0 aliphatic carbocycles. The molecule has 28 heavy (non-hydrogen) atoms. The highest BCUT2D eigenvalue weighted by Gasteiger charge is 2.26. The molecule has 5 nitrogen and oxygen atoms in total. The topological polar surface area (TPSA) is 53.5 Å². The fourth-order valence-corrected chi connectivity index (χ4v) is 4.75. The molecule has 0 saturated carbocycles. The van der Waals surface area contributed by atoms with Gasteiger partial charge in [0.15, 0.2) is 0 Å². The molecule has 3 heterocycles. The molecule has 1 fully saturated rings. The lowest BCUT2D eigenvalue weighted by Crippen LogP contribution is -2.35. The molecule has 4 rings (SSSR count). The molecule has 3 aromatic rings. The number of rotatable bonds is 4. The van der Waals surface area contributed by atoms with Crippen LogP contribution in [-0.4, -0.2) is 46.2 Å². The minimum atomic E-state index is -0.318. The van der Waals surface area contributed by atoms with Crippen molar-refractivity contribution in [3.8, 4) is 9.88 Å². The Morgan fingerprint density at radius 2 is 2.04 bits per heavy atom. The van der Waals surface area contributed by atoms with Crippen molar-refractivity contribution in [1.82, 2.24) is 14.8 Å². The van der Waals surface area contributed by atoms with Gasteiger partial charge in [-0.3, -0.25) is 9.59 Å². The van der Waals surface area contributed by atoms with E-state index in [0.29, 0.717) is 31.9 Å². The highest BCUT2D eigenvalue weighted by atomic mass is 32.1. The van der Waals surface area contributed by atoms with E-state index in [1.54, 1.807) is 38.6 Å². The van der Waals surface area contributed by atoms with E-state index in [1.807, 2.05) is 17.5 Å². The monoisotopic (exact) mass is 415 g/mol. The zero-order valence-corrected chi connectivity index (χ0v) is 16.6. The number of aromatic nitrogens is 1. The van der Waals surface area contributed by atoms with E-state index >= 15 is 0 Å². The summed E-state index contributed by atoms with van der Waals surface area (Å²) in [5.74, 6) is -0.502. The lowest BCUT2D eigenvalue weighted by molar-refractivity contribution is -0.130. The summed E-state index contributed by atoms with van der Waals surface area (Å²) in [7, 11) is 0. The maximum Gasteiger partial charge on any atom is 0.273 e. The second kappa shape index (κ2) is 8.20. The summed E-state index contributed by atoms with van der Waals surface area (Å²) in [6, 6.07) is 10.2. The number of thiophene rings is 1. The van der Waals surface area contributed by atoms with Crippen molar-refractivity contribution in [3.63, 3.8) is 0 Å². The molecule has 2 amide bonds. The highest BCUT2D eigenvalue weighted by molar-refractivity contribution is 7.20. The zero-order chi connectivity index (χ0) is 19.5. The summed E-state index contributed by atoms with van der Waals surface area (Å²) >= 11 is 3.04. The second-order valence-corrected chi connectivity index (χ2v) is 8.31. The molecule has 0 spiro atoms. The fourth-order valence-electron chi connectivity index (χ4n) is 3.14. The molecule has 0 bridgehead atoms. The molecule has 1 aliphatic rings. The number of nitrogens with zero attached hydrogens (tertiary/aromatic N) is 3. The molecular formula is C20H18FN3O2S2. The molecule has 1 aliphatic heterocycles. The van der Waals surface area contributed by atoms with E-state index in [1.165, 1.54) is 23.5 Å². The first-order valence-corrected chi connectivity index (χ1v) is 10.7. The third-order valence-electron chi connectivity index (χ3n) is 4.59. The quantitative estimate of drug-likeness (QED) is 0.650. The fraction of sp³-hybridized carbons (Fsp3) is 0.250. The Kier molecular flexibility index (Phi) is 5.50.